The van der Waals surface area contributed by atoms with Gasteiger partial charge in [-0.3, -0.25) is 0 Å². The molecule has 7 heteroatoms. The molecular weight excluding hydrogens is 448 g/mol. The Bertz CT molecular complexity index is 1030. The third-order valence-corrected chi connectivity index (χ3v) is 5.87. The number of carbonyl (C=O) groups is 1. The summed E-state index contributed by atoms with van der Waals surface area (Å²) in [6.07, 6.45) is -5.31. The van der Waals surface area contributed by atoms with Crippen LogP contribution < -0.4 is 0 Å². The van der Waals surface area contributed by atoms with Crippen molar-refractivity contribution in [3.63, 3.8) is 0 Å². The number of carboxylic acid groups (broad SMARTS) is 1. The van der Waals surface area contributed by atoms with E-state index < -0.39 is 36.5 Å². The summed E-state index contributed by atoms with van der Waals surface area (Å²) in [5.74, 6) is -1.26. The lowest BCUT2D eigenvalue weighted by Crippen LogP contribution is -2.62. The Hall–Kier alpha value is -3.07. The summed E-state index contributed by atoms with van der Waals surface area (Å²) in [6, 6.07) is 28.8. The molecule has 0 spiro atoms. The Kier molecular flexibility index (Phi) is 9.00. The van der Waals surface area contributed by atoms with Gasteiger partial charge < -0.3 is 29.2 Å². The zero-order valence-electron chi connectivity index (χ0n) is 19.3. The first-order valence-corrected chi connectivity index (χ1v) is 11.6. The molecule has 0 bridgehead atoms. The maximum absolute atomic E-state index is 11.9. The van der Waals surface area contributed by atoms with E-state index in [1.54, 1.807) is 0 Å². The number of benzene rings is 3. The number of hydrogen-bond acceptors (Lipinski definition) is 6. The van der Waals surface area contributed by atoms with Crippen molar-refractivity contribution in [3.05, 3.63) is 108 Å². The van der Waals surface area contributed by atoms with Crippen molar-refractivity contribution in [2.24, 2.45) is 0 Å². The molecule has 1 aliphatic heterocycles. The van der Waals surface area contributed by atoms with Crippen molar-refractivity contribution in [2.75, 3.05) is 6.61 Å². The first-order chi connectivity index (χ1) is 17.1. The van der Waals surface area contributed by atoms with Gasteiger partial charge in [-0.25, -0.2) is 4.79 Å². The molecule has 5 atom stereocenters. The molecule has 35 heavy (non-hydrogen) atoms. The van der Waals surface area contributed by atoms with Crippen molar-refractivity contribution in [2.45, 2.75) is 50.3 Å². The molecule has 0 saturated carbocycles. The van der Waals surface area contributed by atoms with Crippen molar-refractivity contribution >= 4 is 5.97 Å². The standard InChI is InChI=1S/C28H30O7/c29-24-26(34-18-22-14-8-3-9-15-22)25(33-17-21-12-6-2-7-13-21)23(35-27(24)28(30)31)19-32-16-20-10-4-1-5-11-20/h1-15,23-27,29H,16-19H2,(H,30,31)/t23-,24-,25-,26-,27+/m1/s1. The van der Waals surface area contributed by atoms with Crippen LogP contribution in [0.15, 0.2) is 91.0 Å². The largest absolute Gasteiger partial charge is 0.479 e. The Balaban J connectivity index is 1.52. The quantitative estimate of drug-likeness (QED) is 0.435. The van der Waals surface area contributed by atoms with E-state index in [-0.39, 0.29) is 19.8 Å². The lowest BCUT2D eigenvalue weighted by molar-refractivity contribution is -0.261. The van der Waals surface area contributed by atoms with Crippen LogP contribution in [0.25, 0.3) is 0 Å². The topological polar surface area (TPSA) is 94.5 Å². The molecule has 1 fully saturated rings. The van der Waals surface area contributed by atoms with Gasteiger partial charge in [-0.05, 0) is 16.7 Å². The van der Waals surface area contributed by atoms with Gasteiger partial charge in [0.2, 0.25) is 0 Å². The average Bonchev–Trinajstić information content (AvgIpc) is 2.89. The molecule has 184 valence electrons. The van der Waals surface area contributed by atoms with E-state index in [9.17, 15) is 15.0 Å². The molecule has 1 saturated heterocycles. The van der Waals surface area contributed by atoms with Gasteiger partial charge >= 0.3 is 5.97 Å². The van der Waals surface area contributed by atoms with Crippen LogP contribution in [-0.2, 0) is 43.6 Å². The minimum absolute atomic E-state index is 0.0794. The highest BCUT2D eigenvalue weighted by Crippen LogP contribution is 2.28. The minimum atomic E-state index is -1.46. The van der Waals surface area contributed by atoms with Crippen LogP contribution in [0.1, 0.15) is 16.7 Å². The monoisotopic (exact) mass is 478 g/mol. The first kappa shape index (κ1) is 25.0. The van der Waals surface area contributed by atoms with Crippen LogP contribution in [0.2, 0.25) is 0 Å². The number of aliphatic hydroxyl groups is 1. The lowest BCUT2D eigenvalue weighted by atomic mass is 9.94. The Morgan fingerprint density at radius 2 is 1.17 bits per heavy atom. The smallest absolute Gasteiger partial charge is 0.335 e. The van der Waals surface area contributed by atoms with Gasteiger partial charge in [0, 0.05) is 0 Å². The van der Waals surface area contributed by atoms with Crippen LogP contribution in [0.3, 0.4) is 0 Å². The molecule has 1 heterocycles. The van der Waals surface area contributed by atoms with Gasteiger partial charge in [0.25, 0.3) is 0 Å². The first-order valence-electron chi connectivity index (χ1n) is 11.6. The summed E-state index contributed by atoms with van der Waals surface area (Å²) < 4.78 is 24.0. The molecule has 0 radical (unpaired) electrons. The molecule has 0 aromatic heterocycles. The van der Waals surface area contributed by atoms with Crippen LogP contribution in [0, 0.1) is 0 Å². The molecule has 7 nitrogen and oxygen atoms in total. The molecule has 2 N–H and O–H groups in total. The Labute approximate surface area is 204 Å². The van der Waals surface area contributed by atoms with Crippen LogP contribution >= 0.6 is 0 Å². The summed E-state index contributed by atoms with van der Waals surface area (Å²) in [7, 11) is 0. The predicted octanol–water partition coefficient (Wildman–Crippen LogP) is 3.59. The van der Waals surface area contributed by atoms with Gasteiger partial charge in [0.15, 0.2) is 6.10 Å². The summed E-state index contributed by atoms with van der Waals surface area (Å²) in [5, 5.41) is 20.6. The van der Waals surface area contributed by atoms with E-state index in [1.807, 2.05) is 91.0 Å². The third-order valence-electron chi connectivity index (χ3n) is 5.87. The number of aliphatic hydroxyl groups excluding tert-OH is 1. The molecule has 3 aromatic carbocycles. The molecule has 1 aliphatic rings. The molecule has 0 unspecified atom stereocenters. The highest BCUT2D eigenvalue weighted by atomic mass is 16.6. The minimum Gasteiger partial charge on any atom is -0.479 e. The fourth-order valence-electron chi connectivity index (χ4n) is 4.06. The Morgan fingerprint density at radius 1 is 0.714 bits per heavy atom. The van der Waals surface area contributed by atoms with Gasteiger partial charge in [-0.15, -0.1) is 0 Å². The molecule has 3 aromatic rings. The number of rotatable bonds is 11. The zero-order valence-corrected chi connectivity index (χ0v) is 19.3. The maximum atomic E-state index is 11.9. The SMILES string of the molecule is O=C(O)[C@H]1O[C@H](COCc2ccccc2)[C@@H](OCc2ccccc2)[C@H](OCc2ccccc2)[C@H]1O. The maximum Gasteiger partial charge on any atom is 0.335 e. The van der Waals surface area contributed by atoms with Crippen molar-refractivity contribution in [3.8, 4) is 0 Å². The van der Waals surface area contributed by atoms with E-state index in [2.05, 4.69) is 0 Å². The molecule has 0 amide bonds. The van der Waals surface area contributed by atoms with Crippen LogP contribution in [-0.4, -0.2) is 53.3 Å². The van der Waals surface area contributed by atoms with Crippen LogP contribution in [0.5, 0.6) is 0 Å². The number of aliphatic carboxylic acids is 1. The molecule has 4 rings (SSSR count). The van der Waals surface area contributed by atoms with Gasteiger partial charge in [-0.1, -0.05) is 91.0 Å². The van der Waals surface area contributed by atoms with E-state index >= 15 is 0 Å². The second-order valence-corrected chi connectivity index (χ2v) is 8.45. The van der Waals surface area contributed by atoms with E-state index in [1.165, 1.54) is 0 Å². The summed E-state index contributed by atoms with van der Waals surface area (Å²) in [6.45, 7) is 0.857. The third kappa shape index (κ3) is 6.97. The predicted molar refractivity (Wildman–Crippen MR) is 128 cm³/mol. The fraction of sp³-hybridized carbons (Fsp3) is 0.321. The zero-order chi connectivity index (χ0) is 24.5. The van der Waals surface area contributed by atoms with Gasteiger partial charge in [0.05, 0.1) is 26.4 Å². The van der Waals surface area contributed by atoms with Gasteiger partial charge in [-0.2, -0.15) is 0 Å². The van der Waals surface area contributed by atoms with Gasteiger partial charge in [0.1, 0.15) is 24.4 Å². The summed E-state index contributed by atoms with van der Waals surface area (Å²) >= 11 is 0. The average molecular weight is 479 g/mol. The van der Waals surface area contributed by atoms with E-state index in [4.69, 9.17) is 18.9 Å². The molecular formula is C28H30O7. The molecule has 0 aliphatic carbocycles. The number of carboxylic acids is 1. The van der Waals surface area contributed by atoms with E-state index in [0.29, 0.717) is 6.61 Å². The van der Waals surface area contributed by atoms with Crippen molar-refractivity contribution in [1.29, 1.82) is 0 Å². The number of ether oxygens (including phenoxy) is 4. The van der Waals surface area contributed by atoms with Crippen LogP contribution in [0.4, 0.5) is 0 Å². The lowest BCUT2D eigenvalue weighted by Gasteiger charge is -2.43. The highest BCUT2D eigenvalue weighted by molar-refractivity contribution is 5.73. The normalized spacial score (nSPS) is 24.2. The number of hydrogen-bond donors (Lipinski definition) is 2. The highest BCUT2D eigenvalue weighted by Gasteiger charge is 2.49. The Morgan fingerprint density at radius 3 is 1.66 bits per heavy atom. The van der Waals surface area contributed by atoms with E-state index in [0.717, 1.165) is 16.7 Å². The second-order valence-electron chi connectivity index (χ2n) is 8.45. The second kappa shape index (κ2) is 12.6. The van der Waals surface area contributed by atoms with Crippen molar-refractivity contribution < 1.29 is 34.0 Å². The summed E-state index contributed by atoms with van der Waals surface area (Å²) in [4.78, 5) is 11.9. The summed E-state index contributed by atoms with van der Waals surface area (Å²) in [5.41, 5.74) is 2.82. The van der Waals surface area contributed by atoms with Crippen molar-refractivity contribution in [1.82, 2.24) is 0 Å². The fourth-order valence-corrected chi connectivity index (χ4v) is 4.06.